The molecule has 0 radical (unpaired) electrons. The van der Waals surface area contributed by atoms with Crippen molar-refractivity contribution < 1.29 is 12.8 Å². The molecule has 21 heavy (non-hydrogen) atoms. The summed E-state index contributed by atoms with van der Waals surface area (Å²) in [6.45, 7) is 2.23. The first-order valence-corrected chi connectivity index (χ1v) is 8.79. The van der Waals surface area contributed by atoms with Crippen LogP contribution in [0.25, 0.3) is 0 Å². The molecule has 2 N–H and O–H groups in total. The Morgan fingerprint density at radius 1 is 1.33 bits per heavy atom. The molecule has 2 rings (SSSR count). The van der Waals surface area contributed by atoms with E-state index in [4.69, 9.17) is 0 Å². The van der Waals surface area contributed by atoms with Crippen LogP contribution < -0.4 is 10.0 Å². The Morgan fingerprint density at radius 3 is 2.71 bits per heavy atom. The maximum atomic E-state index is 13.7. The van der Waals surface area contributed by atoms with Crippen molar-refractivity contribution in [2.75, 3.05) is 7.05 Å². The van der Waals surface area contributed by atoms with Crippen molar-refractivity contribution in [2.45, 2.75) is 23.7 Å². The summed E-state index contributed by atoms with van der Waals surface area (Å²) in [6.07, 6.45) is 0. The van der Waals surface area contributed by atoms with Gasteiger partial charge in [-0.25, -0.2) is 17.5 Å². The molecule has 4 nitrogen and oxygen atoms in total. The Hall–Kier alpha value is -1.28. The Kier molecular flexibility index (Phi) is 5.10. The third-order valence-electron chi connectivity index (χ3n) is 2.98. The topological polar surface area (TPSA) is 58.2 Å². The smallest absolute Gasteiger partial charge is 0.250 e. The molecule has 0 aliphatic rings. The summed E-state index contributed by atoms with van der Waals surface area (Å²) in [7, 11) is -1.85. The van der Waals surface area contributed by atoms with Gasteiger partial charge in [0.2, 0.25) is 0 Å². The SMILES string of the molecule is CNCc1csc(S(=O)(=O)NC(C)c2ccccc2F)c1. The van der Waals surface area contributed by atoms with E-state index in [1.807, 2.05) is 0 Å². The molecule has 1 unspecified atom stereocenters. The second kappa shape index (κ2) is 6.65. The van der Waals surface area contributed by atoms with Crippen LogP contribution in [0.3, 0.4) is 0 Å². The van der Waals surface area contributed by atoms with E-state index in [0.717, 1.165) is 16.9 Å². The van der Waals surface area contributed by atoms with Gasteiger partial charge in [-0.2, -0.15) is 0 Å². The van der Waals surface area contributed by atoms with Crippen molar-refractivity contribution in [3.8, 4) is 0 Å². The van der Waals surface area contributed by atoms with Gasteiger partial charge >= 0.3 is 0 Å². The van der Waals surface area contributed by atoms with Gasteiger partial charge in [0.25, 0.3) is 10.0 Å². The summed E-state index contributed by atoms with van der Waals surface area (Å²) in [5, 5.41) is 4.76. The lowest BCUT2D eigenvalue weighted by Gasteiger charge is -2.14. The van der Waals surface area contributed by atoms with Crippen LogP contribution in [-0.2, 0) is 16.6 Å². The number of benzene rings is 1. The molecule has 1 heterocycles. The minimum absolute atomic E-state index is 0.232. The molecule has 0 saturated carbocycles. The second-order valence-electron chi connectivity index (χ2n) is 4.67. The van der Waals surface area contributed by atoms with Crippen LogP contribution in [0.15, 0.2) is 39.9 Å². The number of halogens is 1. The summed E-state index contributed by atoms with van der Waals surface area (Å²) in [6, 6.07) is 7.13. The number of hydrogen-bond donors (Lipinski definition) is 2. The molecule has 0 amide bonds. The standard InChI is InChI=1S/C14H17FN2O2S2/c1-10(12-5-3-4-6-13(12)15)17-21(18,19)14-7-11(8-16-2)9-20-14/h3-7,9-10,16-17H,8H2,1-2H3. The minimum atomic E-state index is -3.65. The molecule has 1 atom stereocenters. The van der Waals surface area contributed by atoms with E-state index < -0.39 is 21.9 Å². The lowest BCUT2D eigenvalue weighted by atomic mass is 10.1. The van der Waals surface area contributed by atoms with E-state index in [-0.39, 0.29) is 4.21 Å². The highest BCUT2D eigenvalue weighted by atomic mass is 32.2. The summed E-state index contributed by atoms with van der Waals surface area (Å²) >= 11 is 1.15. The number of hydrogen-bond acceptors (Lipinski definition) is 4. The van der Waals surface area contributed by atoms with Crippen molar-refractivity contribution in [1.82, 2.24) is 10.0 Å². The minimum Gasteiger partial charge on any atom is -0.316 e. The first-order chi connectivity index (χ1) is 9.94. The Bertz CT molecular complexity index is 713. The molecule has 114 valence electrons. The number of rotatable bonds is 6. The molecular weight excluding hydrogens is 311 g/mol. The van der Waals surface area contributed by atoms with Gasteiger partial charge in [0.1, 0.15) is 10.0 Å². The van der Waals surface area contributed by atoms with E-state index in [2.05, 4.69) is 10.0 Å². The lowest BCUT2D eigenvalue weighted by molar-refractivity contribution is 0.551. The Balaban J connectivity index is 2.18. The molecule has 0 aliphatic carbocycles. The monoisotopic (exact) mass is 328 g/mol. The molecule has 0 spiro atoms. The number of nitrogens with one attached hydrogen (secondary N) is 2. The second-order valence-corrected chi connectivity index (χ2v) is 7.52. The van der Waals surface area contributed by atoms with Crippen LogP contribution in [0.2, 0.25) is 0 Å². The first-order valence-electron chi connectivity index (χ1n) is 6.43. The zero-order valence-electron chi connectivity index (χ0n) is 11.8. The molecular formula is C14H17FN2O2S2. The van der Waals surface area contributed by atoms with Crippen molar-refractivity contribution >= 4 is 21.4 Å². The number of sulfonamides is 1. The highest BCUT2D eigenvalue weighted by Gasteiger charge is 2.21. The van der Waals surface area contributed by atoms with Gasteiger partial charge in [-0.1, -0.05) is 18.2 Å². The number of thiophene rings is 1. The summed E-state index contributed by atoms with van der Waals surface area (Å²) in [5.41, 5.74) is 1.23. The van der Waals surface area contributed by atoms with Gasteiger partial charge in [-0.3, -0.25) is 0 Å². The summed E-state index contributed by atoms with van der Waals surface area (Å²) in [4.78, 5) is 0. The van der Waals surface area contributed by atoms with E-state index in [1.54, 1.807) is 43.6 Å². The Morgan fingerprint density at radius 2 is 2.05 bits per heavy atom. The maximum Gasteiger partial charge on any atom is 0.250 e. The zero-order chi connectivity index (χ0) is 15.5. The maximum absolute atomic E-state index is 13.7. The predicted molar refractivity (Wildman–Crippen MR) is 82.2 cm³/mol. The molecule has 1 aromatic heterocycles. The molecule has 0 saturated heterocycles. The van der Waals surface area contributed by atoms with Crippen LogP contribution in [-0.4, -0.2) is 15.5 Å². The molecule has 1 aromatic carbocycles. The fourth-order valence-electron chi connectivity index (χ4n) is 1.97. The molecule has 0 fully saturated rings. The molecule has 7 heteroatoms. The van der Waals surface area contributed by atoms with E-state index in [9.17, 15) is 12.8 Å². The highest BCUT2D eigenvalue weighted by Crippen LogP contribution is 2.23. The summed E-state index contributed by atoms with van der Waals surface area (Å²) < 4.78 is 41.0. The zero-order valence-corrected chi connectivity index (χ0v) is 13.4. The van der Waals surface area contributed by atoms with Crippen molar-refractivity contribution in [2.24, 2.45) is 0 Å². The normalized spacial score (nSPS) is 13.3. The fraction of sp³-hybridized carbons (Fsp3) is 0.286. The summed E-state index contributed by atoms with van der Waals surface area (Å²) in [5.74, 6) is -0.422. The van der Waals surface area contributed by atoms with Gasteiger partial charge in [-0.15, -0.1) is 11.3 Å². The third-order valence-corrected chi connectivity index (χ3v) is 6.01. The van der Waals surface area contributed by atoms with E-state index in [0.29, 0.717) is 12.1 Å². The van der Waals surface area contributed by atoms with E-state index in [1.165, 1.54) is 6.07 Å². The average Bonchev–Trinajstić information content (AvgIpc) is 2.88. The fourth-order valence-corrected chi connectivity index (χ4v) is 4.42. The lowest BCUT2D eigenvalue weighted by Crippen LogP contribution is -2.26. The van der Waals surface area contributed by atoms with Crippen LogP contribution in [0.1, 0.15) is 24.1 Å². The largest absolute Gasteiger partial charge is 0.316 e. The van der Waals surface area contributed by atoms with Gasteiger partial charge in [0.05, 0.1) is 0 Å². The highest BCUT2D eigenvalue weighted by molar-refractivity contribution is 7.91. The van der Waals surface area contributed by atoms with Crippen LogP contribution in [0, 0.1) is 5.82 Å². The van der Waals surface area contributed by atoms with Crippen LogP contribution >= 0.6 is 11.3 Å². The third kappa shape index (κ3) is 3.88. The van der Waals surface area contributed by atoms with E-state index >= 15 is 0 Å². The van der Waals surface area contributed by atoms with Crippen LogP contribution in [0.5, 0.6) is 0 Å². The molecule has 0 bridgehead atoms. The first kappa shape index (κ1) is 16.1. The predicted octanol–water partition coefficient (Wildman–Crippen LogP) is 2.65. The molecule has 2 aromatic rings. The van der Waals surface area contributed by atoms with Crippen LogP contribution in [0.4, 0.5) is 4.39 Å². The van der Waals surface area contributed by atoms with Gasteiger partial charge in [-0.05, 0) is 37.0 Å². The van der Waals surface area contributed by atoms with Gasteiger partial charge in [0, 0.05) is 18.2 Å². The van der Waals surface area contributed by atoms with Crippen molar-refractivity contribution in [1.29, 1.82) is 0 Å². The van der Waals surface area contributed by atoms with Gasteiger partial charge in [0.15, 0.2) is 0 Å². The van der Waals surface area contributed by atoms with Crippen molar-refractivity contribution in [3.05, 3.63) is 52.7 Å². The average molecular weight is 328 g/mol. The Labute approximate surface area is 128 Å². The van der Waals surface area contributed by atoms with Crippen molar-refractivity contribution in [3.63, 3.8) is 0 Å². The molecule has 0 aliphatic heterocycles. The van der Waals surface area contributed by atoms with Gasteiger partial charge < -0.3 is 5.32 Å². The quantitative estimate of drug-likeness (QED) is 0.857.